The molecule has 2 amide bonds. The second kappa shape index (κ2) is 6.61. The maximum absolute atomic E-state index is 12.7. The molecule has 26 heavy (non-hydrogen) atoms. The van der Waals surface area contributed by atoms with Crippen molar-refractivity contribution in [3.8, 4) is 0 Å². The standard InChI is InChI=1S/C20H32N2O4/c1-20(2,3)26-18(23)21-16-4-5-22(11-16)19(24)25-17-14-7-12-6-13(9-14)10-15(17)8-12/h12-17H,4-11H2,1-3H3,(H,21,23). The number of alkyl carbamates (subject to hydrolysis) is 1. The van der Waals surface area contributed by atoms with Crippen molar-refractivity contribution in [3.63, 3.8) is 0 Å². The highest BCUT2D eigenvalue weighted by Crippen LogP contribution is 2.54. The van der Waals surface area contributed by atoms with Gasteiger partial charge in [0.25, 0.3) is 0 Å². The molecule has 5 aliphatic rings. The van der Waals surface area contributed by atoms with Gasteiger partial charge in [0.15, 0.2) is 0 Å². The second-order valence-corrected chi connectivity index (χ2v) is 9.86. The monoisotopic (exact) mass is 364 g/mol. The van der Waals surface area contributed by atoms with E-state index >= 15 is 0 Å². The molecule has 1 atom stereocenters. The van der Waals surface area contributed by atoms with Crippen LogP contribution < -0.4 is 5.32 Å². The Hall–Kier alpha value is -1.46. The van der Waals surface area contributed by atoms with Crippen molar-refractivity contribution in [1.29, 1.82) is 0 Å². The summed E-state index contributed by atoms with van der Waals surface area (Å²) in [5, 5.41) is 2.86. The summed E-state index contributed by atoms with van der Waals surface area (Å²) in [5.41, 5.74) is -0.513. The van der Waals surface area contributed by atoms with Crippen LogP contribution in [0.5, 0.6) is 0 Å². The first kappa shape index (κ1) is 17.9. The first-order valence-electron chi connectivity index (χ1n) is 10.2. The fourth-order valence-corrected chi connectivity index (χ4v) is 5.78. The number of rotatable bonds is 2. The van der Waals surface area contributed by atoms with Gasteiger partial charge in [0.05, 0.1) is 6.04 Å². The molecule has 6 heteroatoms. The molecule has 0 aromatic rings. The average Bonchev–Trinajstić information content (AvgIpc) is 2.96. The minimum atomic E-state index is -0.513. The zero-order valence-corrected chi connectivity index (χ0v) is 16.2. The molecule has 1 saturated heterocycles. The van der Waals surface area contributed by atoms with E-state index in [0.29, 0.717) is 24.9 Å². The molecular formula is C20H32N2O4. The third-order valence-electron chi connectivity index (χ3n) is 6.54. The molecule has 4 aliphatic carbocycles. The topological polar surface area (TPSA) is 67.9 Å². The number of hydrogen-bond donors (Lipinski definition) is 1. The third-order valence-corrected chi connectivity index (χ3v) is 6.54. The van der Waals surface area contributed by atoms with E-state index in [1.54, 1.807) is 4.90 Å². The lowest BCUT2D eigenvalue weighted by atomic mass is 9.55. The molecule has 146 valence electrons. The summed E-state index contributed by atoms with van der Waals surface area (Å²) in [6.45, 7) is 6.67. The number of likely N-dealkylation sites (tertiary alicyclic amines) is 1. The predicted octanol–water partition coefficient (Wildman–Crippen LogP) is 3.55. The van der Waals surface area contributed by atoms with Gasteiger partial charge in [0, 0.05) is 13.1 Å². The van der Waals surface area contributed by atoms with Gasteiger partial charge in [-0.05, 0) is 83.0 Å². The van der Waals surface area contributed by atoms with Crippen molar-refractivity contribution in [2.24, 2.45) is 23.7 Å². The lowest BCUT2D eigenvalue weighted by molar-refractivity contribution is -0.101. The van der Waals surface area contributed by atoms with E-state index in [9.17, 15) is 9.59 Å². The Morgan fingerprint density at radius 2 is 1.62 bits per heavy atom. The third kappa shape index (κ3) is 3.79. The highest BCUT2D eigenvalue weighted by Gasteiger charge is 2.50. The fourth-order valence-electron chi connectivity index (χ4n) is 5.78. The lowest BCUT2D eigenvalue weighted by Crippen LogP contribution is -2.51. The first-order valence-corrected chi connectivity index (χ1v) is 10.2. The van der Waals surface area contributed by atoms with Gasteiger partial charge in [0.1, 0.15) is 11.7 Å². The fraction of sp³-hybridized carbons (Fsp3) is 0.900. The highest BCUT2D eigenvalue weighted by molar-refractivity contribution is 5.70. The zero-order valence-electron chi connectivity index (χ0n) is 16.2. The van der Waals surface area contributed by atoms with Gasteiger partial charge in [-0.2, -0.15) is 0 Å². The van der Waals surface area contributed by atoms with Crippen molar-refractivity contribution in [3.05, 3.63) is 0 Å². The number of nitrogens with one attached hydrogen (secondary N) is 1. The Morgan fingerprint density at radius 1 is 1.00 bits per heavy atom. The van der Waals surface area contributed by atoms with Crippen LogP contribution in [-0.4, -0.2) is 47.9 Å². The van der Waals surface area contributed by atoms with Gasteiger partial charge in [-0.1, -0.05) is 0 Å². The molecule has 5 rings (SSSR count). The van der Waals surface area contributed by atoms with Crippen LogP contribution in [0, 0.1) is 23.7 Å². The van der Waals surface area contributed by atoms with Gasteiger partial charge in [-0.3, -0.25) is 0 Å². The summed E-state index contributed by atoms with van der Waals surface area (Å²) < 4.78 is 11.3. The smallest absolute Gasteiger partial charge is 0.410 e. The summed E-state index contributed by atoms with van der Waals surface area (Å²) in [7, 11) is 0. The van der Waals surface area contributed by atoms with Gasteiger partial charge >= 0.3 is 12.2 Å². The Labute approximate surface area is 156 Å². The van der Waals surface area contributed by atoms with E-state index in [0.717, 1.165) is 18.3 Å². The van der Waals surface area contributed by atoms with Crippen LogP contribution in [0.2, 0.25) is 0 Å². The number of amides is 2. The van der Waals surface area contributed by atoms with Gasteiger partial charge in [-0.15, -0.1) is 0 Å². The molecule has 0 radical (unpaired) electrons. The van der Waals surface area contributed by atoms with Crippen molar-refractivity contribution in [2.75, 3.05) is 13.1 Å². The maximum atomic E-state index is 12.7. The highest BCUT2D eigenvalue weighted by atomic mass is 16.6. The SMILES string of the molecule is CC(C)(C)OC(=O)NC1CCN(C(=O)OC2C3CC4CC(C3)CC2C4)C1. The quantitative estimate of drug-likeness (QED) is 0.814. The molecule has 0 aromatic heterocycles. The second-order valence-electron chi connectivity index (χ2n) is 9.86. The summed E-state index contributed by atoms with van der Waals surface area (Å²) in [4.78, 5) is 26.3. The largest absolute Gasteiger partial charge is 0.446 e. The van der Waals surface area contributed by atoms with E-state index in [4.69, 9.17) is 9.47 Å². The number of nitrogens with zero attached hydrogens (tertiary/aromatic N) is 1. The van der Waals surface area contributed by atoms with Crippen LogP contribution in [-0.2, 0) is 9.47 Å². The van der Waals surface area contributed by atoms with Crippen molar-refractivity contribution < 1.29 is 19.1 Å². The molecule has 0 spiro atoms. The molecule has 1 N–H and O–H groups in total. The van der Waals surface area contributed by atoms with Crippen LogP contribution in [0.3, 0.4) is 0 Å². The molecule has 5 fully saturated rings. The minimum Gasteiger partial charge on any atom is -0.446 e. The predicted molar refractivity (Wildman–Crippen MR) is 96.7 cm³/mol. The van der Waals surface area contributed by atoms with E-state index in [-0.39, 0.29) is 18.2 Å². The summed E-state index contributed by atoms with van der Waals surface area (Å²) in [6, 6.07) is -0.0594. The Morgan fingerprint density at radius 3 is 2.19 bits per heavy atom. The normalized spacial score (nSPS) is 38.3. The van der Waals surface area contributed by atoms with Crippen LogP contribution in [0.15, 0.2) is 0 Å². The van der Waals surface area contributed by atoms with Crippen molar-refractivity contribution >= 4 is 12.2 Å². The van der Waals surface area contributed by atoms with Crippen LogP contribution >= 0.6 is 0 Å². The summed E-state index contributed by atoms with van der Waals surface area (Å²) in [6.07, 6.45) is 6.62. The van der Waals surface area contributed by atoms with Crippen molar-refractivity contribution in [2.45, 2.75) is 77.0 Å². The van der Waals surface area contributed by atoms with E-state index < -0.39 is 11.7 Å². The molecule has 0 aromatic carbocycles. The van der Waals surface area contributed by atoms with Crippen LogP contribution in [0.1, 0.15) is 59.3 Å². The van der Waals surface area contributed by atoms with Crippen LogP contribution in [0.25, 0.3) is 0 Å². The van der Waals surface area contributed by atoms with E-state index in [1.165, 1.54) is 32.1 Å². The molecule has 6 nitrogen and oxygen atoms in total. The summed E-state index contributed by atoms with van der Waals surface area (Å²) >= 11 is 0. The minimum absolute atomic E-state index is 0.0594. The Bertz CT molecular complexity index is 543. The molecule has 1 heterocycles. The Balaban J connectivity index is 1.27. The first-order chi connectivity index (χ1) is 12.3. The van der Waals surface area contributed by atoms with Crippen LogP contribution in [0.4, 0.5) is 9.59 Å². The van der Waals surface area contributed by atoms with Gasteiger partial charge < -0.3 is 19.7 Å². The molecule has 4 bridgehead atoms. The summed E-state index contributed by atoms with van der Waals surface area (Å²) in [5.74, 6) is 2.91. The molecular weight excluding hydrogens is 332 g/mol. The Kier molecular flexibility index (Phi) is 4.56. The molecule has 1 unspecified atom stereocenters. The molecule has 4 saturated carbocycles. The van der Waals surface area contributed by atoms with Gasteiger partial charge in [0.2, 0.25) is 0 Å². The zero-order chi connectivity index (χ0) is 18.5. The van der Waals surface area contributed by atoms with Gasteiger partial charge in [-0.25, -0.2) is 9.59 Å². The lowest BCUT2D eigenvalue weighted by Gasteiger charge is -2.53. The number of hydrogen-bond acceptors (Lipinski definition) is 4. The van der Waals surface area contributed by atoms with Crippen molar-refractivity contribution in [1.82, 2.24) is 10.2 Å². The average molecular weight is 364 g/mol. The number of carbonyl (C=O) groups excluding carboxylic acids is 2. The van der Waals surface area contributed by atoms with E-state index in [2.05, 4.69) is 5.32 Å². The number of carbonyl (C=O) groups is 2. The number of ether oxygens (including phenoxy) is 2. The van der Waals surface area contributed by atoms with E-state index in [1.807, 2.05) is 20.8 Å². The maximum Gasteiger partial charge on any atom is 0.410 e. The molecule has 1 aliphatic heterocycles.